The van der Waals surface area contributed by atoms with Gasteiger partial charge in [-0.3, -0.25) is 14.7 Å². The van der Waals surface area contributed by atoms with Gasteiger partial charge in [-0.1, -0.05) is 18.2 Å². The first-order chi connectivity index (χ1) is 15.3. The molecule has 1 aliphatic heterocycles. The molecule has 0 aliphatic carbocycles. The third kappa shape index (κ3) is 6.15. The summed E-state index contributed by atoms with van der Waals surface area (Å²) in [6.07, 6.45) is 10.1. The number of rotatable bonds is 9. The number of likely N-dealkylation sites (tertiary alicyclic amines) is 1. The minimum Gasteiger partial charge on any atom is -0.489 e. The van der Waals surface area contributed by atoms with Crippen molar-refractivity contribution in [1.29, 1.82) is 0 Å². The highest BCUT2D eigenvalue weighted by Gasteiger charge is 2.22. The molecule has 1 aliphatic rings. The summed E-state index contributed by atoms with van der Waals surface area (Å²) in [4.78, 5) is 23.5. The Morgan fingerprint density at radius 2 is 1.94 bits per heavy atom. The number of nitrogens with zero attached hydrogens (tertiary/aromatic N) is 4. The number of amides is 1. The molecule has 31 heavy (non-hydrogen) atoms. The van der Waals surface area contributed by atoms with Crippen molar-refractivity contribution in [3.8, 4) is 5.75 Å². The van der Waals surface area contributed by atoms with E-state index in [2.05, 4.69) is 26.3 Å². The number of imidazole rings is 1. The molecule has 0 atom stereocenters. The van der Waals surface area contributed by atoms with Crippen molar-refractivity contribution in [2.75, 3.05) is 19.6 Å². The van der Waals surface area contributed by atoms with Crippen molar-refractivity contribution < 1.29 is 9.53 Å². The molecule has 2 aromatic heterocycles. The molecule has 3 heterocycles. The number of carbonyl (C=O) groups is 1. The van der Waals surface area contributed by atoms with E-state index < -0.39 is 0 Å². The fourth-order valence-electron chi connectivity index (χ4n) is 3.82. The zero-order chi connectivity index (χ0) is 21.3. The Hall–Kier alpha value is -3.19. The molecule has 1 amide bonds. The Morgan fingerprint density at radius 1 is 1.10 bits per heavy atom. The largest absolute Gasteiger partial charge is 0.489 e. The van der Waals surface area contributed by atoms with Crippen LogP contribution < -0.4 is 10.1 Å². The Labute approximate surface area is 183 Å². The van der Waals surface area contributed by atoms with Gasteiger partial charge in [0.1, 0.15) is 11.9 Å². The first-order valence-electron chi connectivity index (χ1n) is 10.9. The standard InChI is InChI=1S/C24H29N5O2/c30-24(27-12-5-14-29-17-13-25-19-29)22-7-1-2-8-23(22)31-21-9-15-28(16-10-21)18-20-6-3-4-11-26-20/h1-4,6-8,11,13,17,19,21H,5,9-10,12,14-16,18H2,(H,27,30). The summed E-state index contributed by atoms with van der Waals surface area (Å²) < 4.78 is 8.26. The molecule has 0 saturated carbocycles. The van der Waals surface area contributed by atoms with Crippen LogP contribution in [-0.4, -0.2) is 51.1 Å². The van der Waals surface area contributed by atoms with Crippen LogP contribution in [0.1, 0.15) is 35.3 Å². The van der Waals surface area contributed by atoms with Crippen molar-refractivity contribution in [1.82, 2.24) is 24.8 Å². The number of aromatic nitrogens is 3. The Morgan fingerprint density at radius 3 is 2.71 bits per heavy atom. The molecular weight excluding hydrogens is 390 g/mol. The number of ether oxygens (including phenoxy) is 1. The van der Waals surface area contributed by atoms with Gasteiger partial charge in [0.2, 0.25) is 0 Å². The van der Waals surface area contributed by atoms with Crippen LogP contribution in [0.2, 0.25) is 0 Å². The van der Waals surface area contributed by atoms with Crippen molar-refractivity contribution >= 4 is 5.91 Å². The van der Waals surface area contributed by atoms with E-state index in [4.69, 9.17) is 4.74 Å². The average molecular weight is 420 g/mol. The van der Waals surface area contributed by atoms with E-state index in [1.807, 2.05) is 53.4 Å². The molecule has 1 saturated heterocycles. The number of hydrogen-bond donors (Lipinski definition) is 1. The number of aryl methyl sites for hydroxylation is 1. The molecule has 1 fully saturated rings. The van der Waals surface area contributed by atoms with Crippen molar-refractivity contribution in [2.45, 2.75) is 38.5 Å². The van der Waals surface area contributed by atoms with E-state index in [0.717, 1.165) is 51.1 Å². The van der Waals surface area contributed by atoms with Crippen molar-refractivity contribution in [2.24, 2.45) is 0 Å². The van der Waals surface area contributed by atoms with E-state index in [1.165, 1.54) is 0 Å². The number of benzene rings is 1. The number of hydrogen-bond acceptors (Lipinski definition) is 5. The monoisotopic (exact) mass is 419 g/mol. The summed E-state index contributed by atoms with van der Waals surface area (Å²) in [7, 11) is 0. The molecule has 162 valence electrons. The fraction of sp³-hybridized carbons (Fsp3) is 0.375. The number of nitrogens with one attached hydrogen (secondary N) is 1. The van der Waals surface area contributed by atoms with Gasteiger partial charge >= 0.3 is 0 Å². The van der Waals surface area contributed by atoms with Gasteiger partial charge in [0.05, 0.1) is 17.6 Å². The Kier molecular flexibility index (Phi) is 7.28. The van der Waals surface area contributed by atoms with Crippen LogP contribution in [0.25, 0.3) is 0 Å². The molecule has 0 spiro atoms. The number of pyridine rings is 1. The highest BCUT2D eigenvalue weighted by atomic mass is 16.5. The lowest BCUT2D eigenvalue weighted by molar-refractivity contribution is 0.0888. The van der Waals surface area contributed by atoms with E-state index in [9.17, 15) is 4.79 Å². The molecule has 0 radical (unpaired) electrons. The van der Waals surface area contributed by atoms with E-state index in [-0.39, 0.29) is 12.0 Å². The second kappa shape index (κ2) is 10.7. The highest BCUT2D eigenvalue weighted by molar-refractivity contribution is 5.96. The third-order valence-electron chi connectivity index (χ3n) is 5.51. The maximum absolute atomic E-state index is 12.7. The lowest BCUT2D eigenvalue weighted by atomic mass is 10.1. The topological polar surface area (TPSA) is 72.3 Å². The second-order valence-electron chi connectivity index (χ2n) is 7.82. The minimum absolute atomic E-state index is 0.0891. The minimum atomic E-state index is -0.0891. The van der Waals surface area contributed by atoms with E-state index in [0.29, 0.717) is 17.9 Å². The maximum Gasteiger partial charge on any atom is 0.255 e. The summed E-state index contributed by atoms with van der Waals surface area (Å²) in [5, 5.41) is 3.01. The van der Waals surface area contributed by atoms with Crippen LogP contribution in [0.5, 0.6) is 5.75 Å². The SMILES string of the molecule is O=C(NCCCn1ccnc1)c1ccccc1OC1CCN(Cc2ccccn2)CC1. The van der Waals surface area contributed by atoms with Crippen LogP contribution in [0.15, 0.2) is 67.4 Å². The number of carbonyl (C=O) groups excluding carboxylic acids is 1. The van der Waals surface area contributed by atoms with Gasteiger partial charge in [-0.2, -0.15) is 0 Å². The lowest BCUT2D eigenvalue weighted by Gasteiger charge is -2.32. The first-order valence-corrected chi connectivity index (χ1v) is 10.9. The summed E-state index contributed by atoms with van der Waals surface area (Å²) in [6, 6.07) is 13.5. The Balaban J connectivity index is 1.25. The predicted octanol–water partition coefficient (Wildman–Crippen LogP) is 3.14. The smallest absolute Gasteiger partial charge is 0.255 e. The zero-order valence-corrected chi connectivity index (χ0v) is 17.7. The maximum atomic E-state index is 12.7. The van der Waals surface area contributed by atoms with Crippen LogP contribution in [0.3, 0.4) is 0 Å². The molecule has 1 aromatic carbocycles. The Bertz CT molecular complexity index is 938. The molecule has 3 aromatic rings. The summed E-state index contributed by atoms with van der Waals surface area (Å²) in [5.74, 6) is 0.576. The molecule has 7 nitrogen and oxygen atoms in total. The molecule has 1 N–H and O–H groups in total. The molecular formula is C24H29N5O2. The number of para-hydroxylation sites is 1. The summed E-state index contributed by atoms with van der Waals surface area (Å²) in [5.41, 5.74) is 1.69. The van der Waals surface area contributed by atoms with Gasteiger partial charge in [-0.05, 0) is 43.5 Å². The summed E-state index contributed by atoms with van der Waals surface area (Å²) >= 11 is 0. The zero-order valence-electron chi connectivity index (χ0n) is 17.7. The van der Waals surface area contributed by atoms with Crippen LogP contribution >= 0.6 is 0 Å². The normalized spacial score (nSPS) is 15.0. The van der Waals surface area contributed by atoms with Crippen molar-refractivity contribution in [3.05, 3.63) is 78.6 Å². The summed E-state index contributed by atoms with van der Waals surface area (Å²) in [6.45, 7) is 4.23. The number of piperidine rings is 1. The molecule has 0 bridgehead atoms. The van der Waals surface area contributed by atoms with Gasteiger partial charge in [-0.15, -0.1) is 0 Å². The highest BCUT2D eigenvalue weighted by Crippen LogP contribution is 2.23. The first kappa shape index (κ1) is 21.1. The molecule has 4 rings (SSSR count). The van der Waals surface area contributed by atoms with Crippen LogP contribution in [0.4, 0.5) is 0 Å². The lowest BCUT2D eigenvalue weighted by Crippen LogP contribution is -2.38. The van der Waals surface area contributed by atoms with E-state index >= 15 is 0 Å². The molecule has 0 unspecified atom stereocenters. The van der Waals surface area contributed by atoms with Gasteiger partial charge in [0, 0.05) is 51.3 Å². The van der Waals surface area contributed by atoms with Crippen LogP contribution in [-0.2, 0) is 13.1 Å². The van der Waals surface area contributed by atoms with Crippen molar-refractivity contribution in [3.63, 3.8) is 0 Å². The quantitative estimate of drug-likeness (QED) is 0.540. The predicted molar refractivity (Wildman–Crippen MR) is 119 cm³/mol. The fourth-order valence-corrected chi connectivity index (χ4v) is 3.82. The van der Waals surface area contributed by atoms with Gasteiger partial charge in [0.15, 0.2) is 0 Å². The van der Waals surface area contributed by atoms with Gasteiger partial charge in [0.25, 0.3) is 5.91 Å². The average Bonchev–Trinajstić information content (AvgIpc) is 3.33. The molecule has 7 heteroatoms. The van der Waals surface area contributed by atoms with E-state index in [1.54, 1.807) is 12.5 Å². The van der Waals surface area contributed by atoms with Gasteiger partial charge in [-0.25, -0.2) is 4.98 Å². The second-order valence-corrected chi connectivity index (χ2v) is 7.82. The van der Waals surface area contributed by atoms with Crippen LogP contribution in [0, 0.1) is 0 Å². The van der Waals surface area contributed by atoms with Gasteiger partial charge < -0.3 is 14.6 Å². The third-order valence-corrected chi connectivity index (χ3v) is 5.51.